The van der Waals surface area contributed by atoms with E-state index in [1.54, 1.807) is 0 Å². The Balaban J connectivity index is 1.51. The van der Waals surface area contributed by atoms with E-state index in [4.69, 9.17) is 23.2 Å². The molecule has 4 aromatic rings. The van der Waals surface area contributed by atoms with Crippen LogP contribution in [0.4, 0.5) is 0 Å². The molecule has 0 radical (unpaired) electrons. The molecule has 3 heterocycles. The number of hydrogen-bond donors (Lipinski definition) is 0. The lowest BCUT2D eigenvalue weighted by molar-refractivity contribution is 0.222. The van der Waals surface area contributed by atoms with Gasteiger partial charge in [0.05, 0.1) is 5.52 Å². The van der Waals surface area contributed by atoms with Crippen LogP contribution in [0.2, 0.25) is 10.0 Å². The van der Waals surface area contributed by atoms with Gasteiger partial charge in [0.15, 0.2) is 0 Å². The van der Waals surface area contributed by atoms with Crippen molar-refractivity contribution in [2.24, 2.45) is 0 Å². The van der Waals surface area contributed by atoms with Crippen LogP contribution >= 0.6 is 23.2 Å². The molecule has 158 valence electrons. The van der Waals surface area contributed by atoms with Crippen molar-refractivity contribution in [1.29, 1.82) is 0 Å². The smallest absolute Gasteiger partial charge is 0.0502 e. The Morgan fingerprint density at radius 2 is 1.48 bits per heavy atom. The Kier molecular flexibility index (Phi) is 5.99. The zero-order chi connectivity index (χ0) is 21.2. The molecule has 5 rings (SSSR count). The fourth-order valence-electron chi connectivity index (χ4n) is 4.50. The zero-order valence-electron chi connectivity index (χ0n) is 17.4. The molecule has 0 bridgehead atoms. The van der Waals surface area contributed by atoms with Crippen molar-refractivity contribution in [1.82, 2.24) is 14.5 Å². The minimum atomic E-state index is 0.738. The molecule has 2 aromatic carbocycles. The number of pyridine rings is 1. The summed E-state index contributed by atoms with van der Waals surface area (Å²) in [6, 6.07) is 16.3. The van der Waals surface area contributed by atoms with Crippen molar-refractivity contribution in [3.05, 3.63) is 77.2 Å². The third-order valence-electron chi connectivity index (χ3n) is 6.18. The van der Waals surface area contributed by atoms with Crippen molar-refractivity contribution in [2.45, 2.75) is 25.8 Å². The number of rotatable bonds is 5. The topological polar surface area (TPSA) is 21.1 Å². The summed E-state index contributed by atoms with van der Waals surface area (Å²) < 4.78 is 2.35. The number of benzene rings is 2. The molecule has 0 spiro atoms. The molecule has 0 unspecified atom stereocenters. The van der Waals surface area contributed by atoms with Crippen molar-refractivity contribution in [2.75, 3.05) is 19.6 Å². The Morgan fingerprint density at radius 3 is 2.29 bits per heavy atom. The Hall–Kier alpha value is -2.33. The highest BCUT2D eigenvalue weighted by Crippen LogP contribution is 2.34. The van der Waals surface area contributed by atoms with E-state index >= 15 is 0 Å². The third-order valence-corrected chi connectivity index (χ3v) is 6.66. The van der Waals surface area contributed by atoms with Gasteiger partial charge in [-0.15, -0.1) is 0 Å². The second kappa shape index (κ2) is 9.04. The van der Waals surface area contributed by atoms with Gasteiger partial charge in [0, 0.05) is 63.8 Å². The van der Waals surface area contributed by atoms with Crippen LogP contribution in [0.1, 0.15) is 19.3 Å². The SMILES string of the molecule is Clc1ccc(-c2cncc(-c3cn(CCN4CCCCC4)c4cc(Cl)ccc34)c2)cc1. The van der Waals surface area contributed by atoms with Crippen LogP contribution in [0.3, 0.4) is 0 Å². The number of fused-ring (bicyclic) bond motifs is 1. The van der Waals surface area contributed by atoms with E-state index in [-0.39, 0.29) is 0 Å². The molecular formula is C26H25Cl2N3. The van der Waals surface area contributed by atoms with Gasteiger partial charge in [0.2, 0.25) is 0 Å². The van der Waals surface area contributed by atoms with Crippen LogP contribution in [0, 0.1) is 0 Å². The number of likely N-dealkylation sites (tertiary alicyclic amines) is 1. The lowest BCUT2D eigenvalue weighted by atomic mass is 10.0. The zero-order valence-corrected chi connectivity index (χ0v) is 18.9. The first-order chi connectivity index (χ1) is 15.2. The highest BCUT2D eigenvalue weighted by atomic mass is 35.5. The number of nitrogens with zero attached hydrogens (tertiary/aromatic N) is 3. The summed E-state index contributed by atoms with van der Waals surface area (Å²) in [6.45, 7) is 4.44. The normalized spacial score (nSPS) is 14.9. The van der Waals surface area contributed by atoms with E-state index < -0.39 is 0 Å². The maximum absolute atomic E-state index is 6.37. The molecule has 0 aliphatic carbocycles. The quantitative estimate of drug-likeness (QED) is 0.322. The number of piperidine rings is 1. The Bertz CT molecular complexity index is 1190. The average Bonchev–Trinajstić information content (AvgIpc) is 3.17. The lowest BCUT2D eigenvalue weighted by Gasteiger charge is -2.26. The number of aromatic nitrogens is 2. The lowest BCUT2D eigenvalue weighted by Crippen LogP contribution is -2.32. The Morgan fingerprint density at radius 1 is 0.742 bits per heavy atom. The van der Waals surface area contributed by atoms with Gasteiger partial charge >= 0.3 is 0 Å². The maximum atomic E-state index is 6.37. The second-order valence-electron chi connectivity index (χ2n) is 8.27. The molecule has 0 atom stereocenters. The van der Waals surface area contributed by atoms with Gasteiger partial charge in [-0.1, -0.05) is 47.8 Å². The molecule has 1 saturated heterocycles. The van der Waals surface area contributed by atoms with Gasteiger partial charge < -0.3 is 9.47 Å². The molecule has 0 amide bonds. The monoisotopic (exact) mass is 449 g/mol. The maximum Gasteiger partial charge on any atom is 0.0502 e. The summed E-state index contributed by atoms with van der Waals surface area (Å²) in [4.78, 5) is 7.11. The van der Waals surface area contributed by atoms with Crippen LogP contribution in [0.5, 0.6) is 0 Å². The first kappa shape index (κ1) is 20.6. The van der Waals surface area contributed by atoms with Gasteiger partial charge in [-0.25, -0.2) is 0 Å². The second-order valence-corrected chi connectivity index (χ2v) is 9.14. The van der Waals surface area contributed by atoms with Gasteiger partial charge in [-0.2, -0.15) is 0 Å². The van der Waals surface area contributed by atoms with Crippen LogP contribution in [-0.2, 0) is 6.54 Å². The van der Waals surface area contributed by atoms with E-state index in [9.17, 15) is 0 Å². The van der Waals surface area contributed by atoms with E-state index in [1.165, 1.54) is 48.8 Å². The minimum Gasteiger partial charge on any atom is -0.346 e. The molecule has 1 fully saturated rings. The molecule has 1 aliphatic rings. The molecule has 0 N–H and O–H groups in total. The van der Waals surface area contributed by atoms with Crippen molar-refractivity contribution in [3.63, 3.8) is 0 Å². The summed E-state index contributed by atoms with van der Waals surface area (Å²) in [6.07, 6.45) is 10.1. The number of hydrogen-bond acceptors (Lipinski definition) is 2. The highest BCUT2D eigenvalue weighted by Gasteiger charge is 2.14. The number of halogens is 2. The average molecular weight is 450 g/mol. The first-order valence-electron chi connectivity index (χ1n) is 10.9. The molecular weight excluding hydrogens is 425 g/mol. The van der Waals surface area contributed by atoms with Crippen LogP contribution in [0.25, 0.3) is 33.2 Å². The first-order valence-corrected chi connectivity index (χ1v) is 11.6. The van der Waals surface area contributed by atoms with E-state index in [1.807, 2.05) is 42.7 Å². The van der Waals surface area contributed by atoms with Crippen molar-refractivity contribution >= 4 is 34.1 Å². The van der Waals surface area contributed by atoms with Crippen LogP contribution < -0.4 is 0 Å². The summed E-state index contributed by atoms with van der Waals surface area (Å²) in [5.41, 5.74) is 5.66. The molecule has 0 saturated carbocycles. The van der Waals surface area contributed by atoms with E-state index in [0.717, 1.165) is 39.8 Å². The summed E-state index contributed by atoms with van der Waals surface area (Å²) in [5, 5.41) is 2.71. The Labute approximate surface area is 193 Å². The summed E-state index contributed by atoms with van der Waals surface area (Å²) in [7, 11) is 0. The summed E-state index contributed by atoms with van der Waals surface area (Å²) in [5.74, 6) is 0. The summed E-state index contributed by atoms with van der Waals surface area (Å²) >= 11 is 12.4. The van der Waals surface area contributed by atoms with Gasteiger partial charge in [0.1, 0.15) is 0 Å². The molecule has 2 aromatic heterocycles. The molecule has 31 heavy (non-hydrogen) atoms. The van der Waals surface area contributed by atoms with Crippen LogP contribution in [0.15, 0.2) is 67.1 Å². The van der Waals surface area contributed by atoms with Crippen LogP contribution in [-0.4, -0.2) is 34.1 Å². The standard InChI is InChI=1S/C26H25Cl2N3/c27-22-6-4-19(5-7-22)20-14-21(17-29-16-20)25-18-31(13-12-30-10-2-1-3-11-30)26-15-23(28)8-9-24(25)26/h4-9,14-18H,1-3,10-13H2. The predicted octanol–water partition coefficient (Wildman–Crippen LogP) is 7.16. The van der Waals surface area contributed by atoms with Crippen molar-refractivity contribution < 1.29 is 0 Å². The minimum absolute atomic E-state index is 0.738. The molecule has 1 aliphatic heterocycles. The van der Waals surface area contributed by atoms with E-state index in [0.29, 0.717) is 0 Å². The molecule has 5 heteroatoms. The van der Waals surface area contributed by atoms with Gasteiger partial charge in [-0.3, -0.25) is 4.98 Å². The van der Waals surface area contributed by atoms with E-state index in [2.05, 4.69) is 38.8 Å². The third kappa shape index (κ3) is 4.50. The molecule has 3 nitrogen and oxygen atoms in total. The van der Waals surface area contributed by atoms with Crippen molar-refractivity contribution in [3.8, 4) is 22.3 Å². The fraction of sp³-hybridized carbons (Fsp3) is 0.269. The van der Waals surface area contributed by atoms with Gasteiger partial charge in [0.25, 0.3) is 0 Å². The predicted molar refractivity (Wildman–Crippen MR) is 131 cm³/mol. The fourth-order valence-corrected chi connectivity index (χ4v) is 4.79. The van der Waals surface area contributed by atoms with Gasteiger partial charge in [-0.05, 0) is 61.8 Å². The highest BCUT2D eigenvalue weighted by molar-refractivity contribution is 6.31. The largest absolute Gasteiger partial charge is 0.346 e.